The van der Waals surface area contributed by atoms with E-state index in [9.17, 15) is 0 Å². The van der Waals surface area contributed by atoms with E-state index in [0.29, 0.717) is 12.4 Å². The summed E-state index contributed by atoms with van der Waals surface area (Å²) < 4.78 is 6.82. The van der Waals surface area contributed by atoms with Gasteiger partial charge in [-0.25, -0.2) is 4.98 Å². The van der Waals surface area contributed by atoms with Gasteiger partial charge in [0.25, 0.3) is 0 Å². The lowest BCUT2D eigenvalue weighted by atomic mass is 10.3. The quantitative estimate of drug-likeness (QED) is 0.911. The van der Waals surface area contributed by atoms with Gasteiger partial charge >= 0.3 is 0 Å². The highest BCUT2D eigenvalue weighted by atomic mass is 35.5. The van der Waals surface area contributed by atoms with E-state index in [2.05, 4.69) is 15.4 Å². The van der Waals surface area contributed by atoms with Crippen molar-refractivity contribution in [3.8, 4) is 5.88 Å². The summed E-state index contributed by atoms with van der Waals surface area (Å²) in [6, 6.07) is 3.83. The van der Waals surface area contributed by atoms with Crippen molar-refractivity contribution in [1.82, 2.24) is 20.1 Å². The smallest absolute Gasteiger partial charge is 0.212 e. The van der Waals surface area contributed by atoms with Crippen LogP contribution in [0.5, 0.6) is 5.88 Å². The van der Waals surface area contributed by atoms with Crippen molar-refractivity contribution in [2.24, 2.45) is 7.05 Å². The van der Waals surface area contributed by atoms with Crippen molar-refractivity contribution in [3.05, 3.63) is 40.3 Å². The van der Waals surface area contributed by atoms with Crippen LogP contribution >= 0.6 is 11.6 Å². The third-order valence-electron chi connectivity index (χ3n) is 2.89. The number of nitrogens with zero attached hydrogens (tertiary/aromatic N) is 3. The zero-order valence-electron chi connectivity index (χ0n) is 11.3. The van der Waals surface area contributed by atoms with Gasteiger partial charge in [-0.2, -0.15) is 5.10 Å². The monoisotopic (exact) mass is 280 g/mol. The average molecular weight is 281 g/mol. The highest BCUT2D eigenvalue weighted by molar-refractivity contribution is 6.31. The van der Waals surface area contributed by atoms with Crippen LogP contribution in [0.2, 0.25) is 5.02 Å². The van der Waals surface area contributed by atoms with Crippen LogP contribution in [0.3, 0.4) is 0 Å². The SMILES string of the molecule is COc1ccc(CNCc2c(Cl)c(C)nn2C)cn1. The fourth-order valence-electron chi connectivity index (χ4n) is 1.83. The molecule has 0 bridgehead atoms. The molecule has 0 atom stereocenters. The maximum absolute atomic E-state index is 6.18. The number of halogens is 1. The molecule has 0 saturated carbocycles. The summed E-state index contributed by atoms with van der Waals surface area (Å²) in [5.41, 5.74) is 2.93. The van der Waals surface area contributed by atoms with Crippen LogP contribution < -0.4 is 10.1 Å². The molecule has 19 heavy (non-hydrogen) atoms. The molecule has 0 aromatic carbocycles. The van der Waals surface area contributed by atoms with Crippen molar-refractivity contribution in [3.63, 3.8) is 0 Å². The van der Waals surface area contributed by atoms with Gasteiger partial charge in [0, 0.05) is 32.4 Å². The average Bonchev–Trinajstić information content (AvgIpc) is 2.66. The lowest BCUT2D eigenvalue weighted by Gasteiger charge is -2.06. The molecule has 0 aliphatic rings. The standard InChI is InChI=1S/C13H17ClN4O/c1-9-13(14)11(18(2)17-9)8-15-6-10-4-5-12(19-3)16-7-10/h4-5,7,15H,6,8H2,1-3H3. The first kappa shape index (κ1) is 13.8. The molecule has 1 N–H and O–H groups in total. The summed E-state index contributed by atoms with van der Waals surface area (Å²) >= 11 is 6.18. The van der Waals surface area contributed by atoms with Crippen molar-refractivity contribution in [1.29, 1.82) is 0 Å². The minimum absolute atomic E-state index is 0.619. The lowest BCUT2D eigenvalue weighted by molar-refractivity contribution is 0.397. The summed E-state index contributed by atoms with van der Waals surface area (Å²) in [6.45, 7) is 3.29. The molecule has 5 nitrogen and oxygen atoms in total. The molecule has 0 saturated heterocycles. The van der Waals surface area contributed by atoms with Gasteiger partial charge in [-0.15, -0.1) is 0 Å². The van der Waals surface area contributed by atoms with Crippen molar-refractivity contribution in [2.45, 2.75) is 20.0 Å². The summed E-state index contributed by atoms with van der Waals surface area (Å²) in [4.78, 5) is 4.16. The Hall–Kier alpha value is -1.59. The molecule has 102 valence electrons. The molecule has 2 aromatic heterocycles. The molecule has 2 rings (SSSR count). The van der Waals surface area contributed by atoms with Crippen LogP contribution in [0.1, 0.15) is 17.0 Å². The van der Waals surface area contributed by atoms with Crippen LogP contribution in [-0.4, -0.2) is 21.9 Å². The Labute approximate surface area is 117 Å². The van der Waals surface area contributed by atoms with Gasteiger partial charge in [0.05, 0.1) is 23.5 Å². The molecule has 2 aromatic rings. The Kier molecular flexibility index (Phi) is 4.39. The highest BCUT2D eigenvalue weighted by Gasteiger charge is 2.10. The number of aryl methyl sites for hydroxylation is 2. The minimum atomic E-state index is 0.619. The van der Waals surface area contributed by atoms with Crippen LogP contribution in [-0.2, 0) is 20.1 Å². The number of nitrogens with one attached hydrogen (secondary N) is 1. The van der Waals surface area contributed by atoms with E-state index in [1.54, 1.807) is 18.0 Å². The first-order valence-electron chi connectivity index (χ1n) is 5.99. The first-order valence-corrected chi connectivity index (χ1v) is 6.37. The Morgan fingerprint density at radius 3 is 2.68 bits per heavy atom. The molecule has 0 radical (unpaired) electrons. The normalized spacial score (nSPS) is 10.7. The van der Waals surface area contributed by atoms with Gasteiger partial charge in [0.1, 0.15) is 0 Å². The summed E-state index contributed by atoms with van der Waals surface area (Å²) in [5.74, 6) is 0.619. The minimum Gasteiger partial charge on any atom is -0.481 e. The second kappa shape index (κ2) is 6.04. The molecular formula is C13H17ClN4O. The second-order valence-electron chi connectivity index (χ2n) is 4.28. The number of ether oxygens (including phenoxy) is 1. The van der Waals surface area contributed by atoms with E-state index in [-0.39, 0.29) is 0 Å². The Morgan fingerprint density at radius 1 is 1.37 bits per heavy atom. The predicted molar refractivity (Wildman–Crippen MR) is 74.3 cm³/mol. The van der Waals surface area contributed by atoms with Crippen LogP contribution in [0.25, 0.3) is 0 Å². The molecule has 0 spiro atoms. The molecule has 0 aliphatic heterocycles. The maximum Gasteiger partial charge on any atom is 0.212 e. The number of hydrogen-bond acceptors (Lipinski definition) is 4. The van der Waals surface area contributed by atoms with Gasteiger partial charge in [-0.1, -0.05) is 17.7 Å². The summed E-state index contributed by atoms with van der Waals surface area (Å²) in [7, 11) is 3.50. The Bertz CT molecular complexity index is 551. The Morgan fingerprint density at radius 2 is 2.16 bits per heavy atom. The van der Waals surface area contributed by atoms with E-state index in [0.717, 1.165) is 28.5 Å². The van der Waals surface area contributed by atoms with E-state index in [4.69, 9.17) is 16.3 Å². The van der Waals surface area contributed by atoms with E-state index in [1.165, 1.54) is 0 Å². The van der Waals surface area contributed by atoms with Gasteiger partial charge in [0.15, 0.2) is 0 Å². The third kappa shape index (κ3) is 3.24. The van der Waals surface area contributed by atoms with Crippen molar-refractivity contribution < 1.29 is 4.74 Å². The number of rotatable bonds is 5. The maximum atomic E-state index is 6.18. The number of aromatic nitrogens is 3. The van der Waals surface area contributed by atoms with Crippen LogP contribution in [0, 0.1) is 6.92 Å². The Balaban J connectivity index is 1.92. The topological polar surface area (TPSA) is 52.0 Å². The van der Waals surface area contributed by atoms with Crippen LogP contribution in [0.15, 0.2) is 18.3 Å². The lowest BCUT2D eigenvalue weighted by Crippen LogP contribution is -2.15. The van der Waals surface area contributed by atoms with Gasteiger partial charge in [-0.05, 0) is 12.5 Å². The fourth-order valence-corrected chi connectivity index (χ4v) is 2.06. The largest absolute Gasteiger partial charge is 0.481 e. The zero-order valence-corrected chi connectivity index (χ0v) is 12.0. The molecule has 0 fully saturated rings. The van der Waals surface area contributed by atoms with Gasteiger partial charge < -0.3 is 10.1 Å². The number of methoxy groups -OCH3 is 1. The zero-order chi connectivity index (χ0) is 13.8. The first-order chi connectivity index (χ1) is 9.11. The second-order valence-corrected chi connectivity index (χ2v) is 4.66. The van der Waals surface area contributed by atoms with E-state index >= 15 is 0 Å². The third-order valence-corrected chi connectivity index (χ3v) is 3.38. The predicted octanol–water partition coefficient (Wildman–Crippen LogP) is 2.08. The van der Waals surface area contributed by atoms with Gasteiger partial charge in [0.2, 0.25) is 5.88 Å². The number of hydrogen-bond donors (Lipinski definition) is 1. The van der Waals surface area contributed by atoms with Crippen molar-refractivity contribution in [2.75, 3.05) is 7.11 Å². The summed E-state index contributed by atoms with van der Waals surface area (Å²) in [5, 5.41) is 8.32. The fraction of sp³-hybridized carbons (Fsp3) is 0.385. The van der Waals surface area contributed by atoms with E-state index in [1.807, 2.05) is 26.1 Å². The molecule has 0 unspecified atom stereocenters. The van der Waals surface area contributed by atoms with Crippen LogP contribution in [0.4, 0.5) is 0 Å². The molecular weight excluding hydrogens is 264 g/mol. The van der Waals surface area contributed by atoms with Gasteiger partial charge in [-0.3, -0.25) is 4.68 Å². The highest BCUT2D eigenvalue weighted by Crippen LogP contribution is 2.19. The number of pyridine rings is 1. The van der Waals surface area contributed by atoms with E-state index < -0.39 is 0 Å². The van der Waals surface area contributed by atoms with Crippen molar-refractivity contribution >= 4 is 11.6 Å². The molecule has 6 heteroatoms. The molecule has 2 heterocycles. The molecule has 0 aliphatic carbocycles. The molecule has 0 amide bonds. The summed E-state index contributed by atoms with van der Waals surface area (Å²) in [6.07, 6.45) is 1.79.